The number of carbonyl (C=O) groups excluding carboxylic acids is 2. The Morgan fingerprint density at radius 3 is 2.47 bits per heavy atom. The highest BCUT2D eigenvalue weighted by molar-refractivity contribution is 6.34. The molecule has 1 amide bonds. The number of nitrogens with one attached hydrogen (secondary N) is 1. The summed E-state index contributed by atoms with van der Waals surface area (Å²) in [4.78, 5) is 36.5. The number of nitrogens with zero attached hydrogens (tertiary/aromatic N) is 2. The zero-order valence-electron chi connectivity index (χ0n) is 17.2. The topological polar surface area (TPSA) is 101 Å². The van der Waals surface area contributed by atoms with Crippen LogP contribution in [0.2, 0.25) is 5.02 Å². The van der Waals surface area contributed by atoms with Gasteiger partial charge in [-0.05, 0) is 36.8 Å². The van der Waals surface area contributed by atoms with Crippen LogP contribution in [0.25, 0.3) is 22.2 Å². The minimum atomic E-state index is -1.17. The number of carbonyl (C=O) groups is 3. The van der Waals surface area contributed by atoms with Crippen molar-refractivity contribution >= 4 is 46.0 Å². The Morgan fingerprint density at radius 2 is 1.78 bits per heavy atom. The molecule has 0 saturated heterocycles. The van der Waals surface area contributed by atoms with Crippen molar-refractivity contribution in [2.45, 2.75) is 13.8 Å². The number of carboxylic acid groups (broad SMARTS) is 1. The van der Waals surface area contributed by atoms with Gasteiger partial charge in [-0.1, -0.05) is 48.0 Å². The average molecular weight is 448 g/mol. The van der Waals surface area contributed by atoms with Crippen molar-refractivity contribution in [3.8, 4) is 11.3 Å². The Kier molecular flexibility index (Phi) is 5.50. The number of benzene rings is 3. The first-order valence-electron chi connectivity index (χ1n) is 9.71. The summed E-state index contributed by atoms with van der Waals surface area (Å²) >= 11 is 6.31. The van der Waals surface area contributed by atoms with E-state index in [-0.39, 0.29) is 17.2 Å². The second kappa shape index (κ2) is 8.28. The third-order valence-electron chi connectivity index (χ3n) is 5.05. The molecule has 160 valence electrons. The van der Waals surface area contributed by atoms with Crippen molar-refractivity contribution in [1.82, 2.24) is 9.78 Å². The lowest BCUT2D eigenvalue weighted by Gasteiger charge is -2.09. The molecule has 0 spiro atoms. The molecule has 0 aliphatic carbocycles. The summed E-state index contributed by atoms with van der Waals surface area (Å²) in [5.74, 6) is -1.94. The number of aromatic nitrogens is 2. The van der Waals surface area contributed by atoms with Gasteiger partial charge in [-0.2, -0.15) is 9.78 Å². The number of para-hydroxylation sites is 1. The highest BCUT2D eigenvalue weighted by atomic mass is 35.5. The van der Waals surface area contributed by atoms with Gasteiger partial charge in [0, 0.05) is 17.9 Å². The Balaban J connectivity index is 1.92. The van der Waals surface area contributed by atoms with Gasteiger partial charge in [-0.15, -0.1) is 0 Å². The summed E-state index contributed by atoms with van der Waals surface area (Å²) in [6.45, 7) is 3.10. The first-order valence-corrected chi connectivity index (χ1v) is 10.1. The molecule has 8 heteroatoms. The number of carboxylic acids is 1. The predicted molar refractivity (Wildman–Crippen MR) is 122 cm³/mol. The molecule has 2 N–H and O–H groups in total. The maximum absolute atomic E-state index is 13.4. The Hall–Kier alpha value is -3.97. The lowest BCUT2D eigenvalue weighted by molar-refractivity contribution is -0.114. The van der Waals surface area contributed by atoms with Gasteiger partial charge in [-0.25, -0.2) is 4.79 Å². The number of aromatic carboxylic acids is 1. The van der Waals surface area contributed by atoms with Crippen LogP contribution in [0, 0.1) is 6.92 Å². The number of halogens is 1. The predicted octanol–water partition coefficient (Wildman–Crippen LogP) is 5.01. The van der Waals surface area contributed by atoms with Crippen LogP contribution in [0.5, 0.6) is 0 Å². The standard InChI is InChI=1S/C24H18ClN3O4/c1-13-6-5-8-18(25)21(13)23(30)28-20-9-4-3-7-17(20)22(27-28)15-10-11-16(24(31)32)19(12-15)26-14(2)29/h3-12H,1-2H3,(H,26,29)(H,31,32). The van der Waals surface area contributed by atoms with Crippen molar-refractivity contribution < 1.29 is 19.5 Å². The summed E-state index contributed by atoms with van der Waals surface area (Å²) in [5, 5.41) is 17.6. The number of amides is 1. The smallest absolute Gasteiger partial charge is 0.337 e. The van der Waals surface area contributed by atoms with E-state index in [2.05, 4.69) is 10.4 Å². The molecule has 3 aromatic carbocycles. The molecule has 0 aliphatic rings. The van der Waals surface area contributed by atoms with Crippen LogP contribution in [-0.4, -0.2) is 32.7 Å². The third-order valence-corrected chi connectivity index (χ3v) is 5.36. The van der Waals surface area contributed by atoms with Crippen LogP contribution in [0.3, 0.4) is 0 Å². The highest BCUT2D eigenvalue weighted by Gasteiger charge is 2.22. The lowest BCUT2D eigenvalue weighted by atomic mass is 10.0. The number of rotatable bonds is 4. The van der Waals surface area contributed by atoms with Gasteiger partial charge >= 0.3 is 5.97 Å². The van der Waals surface area contributed by atoms with Crippen molar-refractivity contribution in [2.24, 2.45) is 0 Å². The average Bonchev–Trinajstić information content (AvgIpc) is 3.12. The molecule has 0 bridgehead atoms. The second-order valence-corrected chi connectivity index (χ2v) is 7.67. The minimum Gasteiger partial charge on any atom is -0.478 e. The van der Waals surface area contributed by atoms with Crippen molar-refractivity contribution in [3.05, 3.63) is 82.4 Å². The van der Waals surface area contributed by atoms with E-state index in [4.69, 9.17) is 11.6 Å². The quantitative estimate of drug-likeness (QED) is 0.458. The molecule has 0 unspecified atom stereocenters. The van der Waals surface area contributed by atoms with E-state index in [9.17, 15) is 19.5 Å². The van der Waals surface area contributed by atoms with Crippen LogP contribution < -0.4 is 5.32 Å². The molecule has 0 fully saturated rings. The third kappa shape index (κ3) is 3.74. The molecule has 0 atom stereocenters. The number of hydrogen-bond donors (Lipinski definition) is 2. The Bertz CT molecular complexity index is 1390. The Labute approximate surface area is 188 Å². The van der Waals surface area contributed by atoms with Gasteiger partial charge in [0.15, 0.2) is 0 Å². The zero-order valence-corrected chi connectivity index (χ0v) is 18.0. The molecule has 4 rings (SSSR count). The van der Waals surface area contributed by atoms with Crippen LogP contribution >= 0.6 is 11.6 Å². The first-order chi connectivity index (χ1) is 15.3. The van der Waals surface area contributed by atoms with E-state index in [1.165, 1.54) is 23.7 Å². The molecule has 1 aromatic heterocycles. The van der Waals surface area contributed by atoms with E-state index in [1.54, 1.807) is 43.3 Å². The number of aryl methyl sites for hydroxylation is 1. The van der Waals surface area contributed by atoms with E-state index in [1.807, 2.05) is 12.1 Å². The maximum Gasteiger partial charge on any atom is 0.337 e. The van der Waals surface area contributed by atoms with Crippen molar-refractivity contribution in [2.75, 3.05) is 5.32 Å². The zero-order chi connectivity index (χ0) is 23.0. The van der Waals surface area contributed by atoms with E-state index in [0.717, 1.165) is 5.56 Å². The van der Waals surface area contributed by atoms with Gasteiger partial charge in [0.1, 0.15) is 5.69 Å². The number of anilines is 1. The van der Waals surface area contributed by atoms with Crippen LogP contribution in [0.1, 0.15) is 33.2 Å². The van der Waals surface area contributed by atoms with E-state index < -0.39 is 11.9 Å². The van der Waals surface area contributed by atoms with Crippen LogP contribution in [0.4, 0.5) is 5.69 Å². The van der Waals surface area contributed by atoms with E-state index in [0.29, 0.717) is 32.7 Å². The van der Waals surface area contributed by atoms with Crippen LogP contribution in [0.15, 0.2) is 60.7 Å². The molecule has 7 nitrogen and oxygen atoms in total. The second-order valence-electron chi connectivity index (χ2n) is 7.26. The normalized spacial score (nSPS) is 10.8. The summed E-state index contributed by atoms with van der Waals surface area (Å²) < 4.78 is 1.29. The van der Waals surface area contributed by atoms with Gasteiger partial charge < -0.3 is 10.4 Å². The fourth-order valence-electron chi connectivity index (χ4n) is 3.61. The van der Waals surface area contributed by atoms with Gasteiger partial charge in [0.25, 0.3) is 5.91 Å². The molecule has 0 saturated carbocycles. The summed E-state index contributed by atoms with van der Waals surface area (Å²) in [7, 11) is 0. The number of fused-ring (bicyclic) bond motifs is 1. The summed E-state index contributed by atoms with van der Waals surface area (Å²) in [6.07, 6.45) is 0. The summed E-state index contributed by atoms with van der Waals surface area (Å²) in [6, 6.07) is 17.0. The minimum absolute atomic E-state index is 0.0459. The molecule has 32 heavy (non-hydrogen) atoms. The van der Waals surface area contributed by atoms with Gasteiger partial charge in [0.05, 0.1) is 27.4 Å². The van der Waals surface area contributed by atoms with Crippen molar-refractivity contribution in [1.29, 1.82) is 0 Å². The fourth-order valence-corrected chi connectivity index (χ4v) is 3.92. The lowest BCUT2D eigenvalue weighted by Crippen LogP contribution is -2.15. The fraction of sp³-hybridized carbons (Fsp3) is 0.0833. The van der Waals surface area contributed by atoms with Gasteiger partial charge in [0.2, 0.25) is 5.91 Å². The first kappa shape index (κ1) is 21.3. The highest BCUT2D eigenvalue weighted by Crippen LogP contribution is 2.32. The molecule has 1 heterocycles. The molecule has 0 aliphatic heterocycles. The SMILES string of the molecule is CC(=O)Nc1cc(-c2nn(C(=O)c3c(C)cccc3Cl)c3ccccc23)ccc1C(=O)O. The molecule has 4 aromatic rings. The Morgan fingerprint density at radius 1 is 1.03 bits per heavy atom. The monoisotopic (exact) mass is 447 g/mol. The number of hydrogen-bond acceptors (Lipinski definition) is 4. The largest absolute Gasteiger partial charge is 0.478 e. The van der Waals surface area contributed by atoms with Crippen LogP contribution in [-0.2, 0) is 4.79 Å². The summed E-state index contributed by atoms with van der Waals surface area (Å²) in [5.41, 5.74) is 2.79. The maximum atomic E-state index is 13.4. The molecular formula is C24H18ClN3O4. The molecule has 0 radical (unpaired) electrons. The molecular weight excluding hydrogens is 430 g/mol. The van der Waals surface area contributed by atoms with Crippen molar-refractivity contribution in [3.63, 3.8) is 0 Å². The van der Waals surface area contributed by atoms with Gasteiger partial charge in [-0.3, -0.25) is 9.59 Å². The van der Waals surface area contributed by atoms with E-state index >= 15 is 0 Å².